The first-order valence-corrected chi connectivity index (χ1v) is 8.32. The Morgan fingerprint density at radius 2 is 2.00 bits per heavy atom. The van der Waals surface area contributed by atoms with E-state index >= 15 is 0 Å². The van der Waals surface area contributed by atoms with Crippen LogP contribution in [0.3, 0.4) is 0 Å². The van der Waals surface area contributed by atoms with Crippen molar-refractivity contribution in [1.29, 1.82) is 0 Å². The molecule has 1 nitrogen and oxygen atoms in total. The maximum absolute atomic E-state index is 12.8. The summed E-state index contributed by atoms with van der Waals surface area (Å²) >= 11 is 1.71. The first-order valence-electron chi connectivity index (χ1n) is 7.51. The summed E-state index contributed by atoms with van der Waals surface area (Å²) in [5.41, 5.74) is 4.73. The van der Waals surface area contributed by atoms with E-state index < -0.39 is 0 Å². The van der Waals surface area contributed by atoms with Crippen LogP contribution in [0.4, 0.5) is 0 Å². The molecule has 1 aromatic heterocycles. The van der Waals surface area contributed by atoms with Crippen molar-refractivity contribution in [2.75, 3.05) is 0 Å². The lowest BCUT2D eigenvalue weighted by Gasteiger charge is -2.08. The summed E-state index contributed by atoms with van der Waals surface area (Å²) < 4.78 is 0. The summed E-state index contributed by atoms with van der Waals surface area (Å²) in [6.07, 6.45) is 5.44. The quantitative estimate of drug-likeness (QED) is 0.750. The van der Waals surface area contributed by atoms with Crippen LogP contribution in [0.2, 0.25) is 0 Å². The number of thiophene rings is 1. The zero-order valence-corrected chi connectivity index (χ0v) is 13.0. The molecule has 0 saturated carbocycles. The highest BCUT2D eigenvalue weighted by molar-refractivity contribution is 7.14. The Morgan fingerprint density at radius 3 is 2.70 bits per heavy atom. The number of carbonyl (C=O) groups is 1. The number of hydrogen-bond acceptors (Lipinski definition) is 2. The van der Waals surface area contributed by atoms with Crippen molar-refractivity contribution in [2.24, 2.45) is 0 Å². The molecule has 0 amide bonds. The van der Waals surface area contributed by atoms with Crippen LogP contribution in [-0.4, -0.2) is 5.78 Å². The van der Waals surface area contributed by atoms with Gasteiger partial charge in [-0.25, -0.2) is 0 Å². The number of fused-ring (bicyclic) bond motifs is 1. The molecule has 0 aliphatic heterocycles. The van der Waals surface area contributed by atoms with Gasteiger partial charge in [0.2, 0.25) is 5.78 Å². The number of hydrogen-bond donors (Lipinski definition) is 0. The van der Waals surface area contributed by atoms with Gasteiger partial charge in [-0.1, -0.05) is 26.0 Å². The molecule has 1 heterocycles. The minimum Gasteiger partial charge on any atom is -0.288 e. The molecule has 0 fully saturated rings. The first-order chi connectivity index (χ1) is 9.72. The third kappa shape index (κ3) is 2.33. The molecule has 0 atom stereocenters. The summed E-state index contributed by atoms with van der Waals surface area (Å²) in [6.45, 7) is 4.25. The standard InChI is InChI=1S/C18H20OS/c1-3-12-8-9-13(4-2)15(10-12)18(19)17-11-14-6-5-7-16(14)20-17/h8-11H,3-7H2,1-2H3. The maximum atomic E-state index is 12.8. The molecule has 0 unspecified atom stereocenters. The van der Waals surface area contributed by atoms with Crippen molar-refractivity contribution >= 4 is 17.1 Å². The molecule has 2 aromatic rings. The van der Waals surface area contributed by atoms with Crippen LogP contribution >= 0.6 is 11.3 Å². The highest BCUT2D eigenvalue weighted by atomic mass is 32.1. The van der Waals surface area contributed by atoms with Gasteiger partial charge in [0.1, 0.15) is 0 Å². The van der Waals surface area contributed by atoms with Gasteiger partial charge in [-0.05, 0) is 60.9 Å². The Labute approximate surface area is 124 Å². The van der Waals surface area contributed by atoms with Crippen LogP contribution in [-0.2, 0) is 25.7 Å². The van der Waals surface area contributed by atoms with E-state index in [0.717, 1.165) is 36.1 Å². The second-order valence-corrected chi connectivity index (χ2v) is 6.58. The Hall–Kier alpha value is -1.41. The highest BCUT2D eigenvalue weighted by Gasteiger charge is 2.20. The van der Waals surface area contributed by atoms with Crippen LogP contribution in [0.25, 0.3) is 0 Å². The van der Waals surface area contributed by atoms with Crippen molar-refractivity contribution < 1.29 is 4.79 Å². The summed E-state index contributed by atoms with van der Waals surface area (Å²) in [7, 11) is 0. The van der Waals surface area contributed by atoms with Crippen LogP contribution in [0, 0.1) is 0 Å². The lowest BCUT2D eigenvalue weighted by molar-refractivity contribution is 0.104. The first kappa shape index (κ1) is 13.6. The molecular weight excluding hydrogens is 264 g/mol. The fourth-order valence-electron chi connectivity index (χ4n) is 2.94. The van der Waals surface area contributed by atoms with Gasteiger partial charge in [0, 0.05) is 10.4 Å². The van der Waals surface area contributed by atoms with Gasteiger partial charge in [-0.15, -0.1) is 11.3 Å². The van der Waals surface area contributed by atoms with Gasteiger partial charge < -0.3 is 0 Å². The minimum atomic E-state index is 0.219. The Balaban J connectivity index is 2.00. The van der Waals surface area contributed by atoms with Crippen molar-refractivity contribution in [3.05, 3.63) is 56.3 Å². The minimum absolute atomic E-state index is 0.219. The average molecular weight is 284 g/mol. The van der Waals surface area contributed by atoms with Gasteiger partial charge in [0.15, 0.2) is 0 Å². The van der Waals surface area contributed by atoms with Gasteiger partial charge >= 0.3 is 0 Å². The van der Waals surface area contributed by atoms with E-state index in [1.165, 1.54) is 28.0 Å². The predicted molar refractivity (Wildman–Crippen MR) is 85.0 cm³/mol. The molecule has 1 aliphatic carbocycles. The molecule has 1 aliphatic rings. The zero-order chi connectivity index (χ0) is 14.1. The van der Waals surface area contributed by atoms with E-state index in [1.54, 1.807) is 11.3 Å². The summed E-state index contributed by atoms with van der Waals surface area (Å²) in [5, 5.41) is 0. The van der Waals surface area contributed by atoms with Crippen LogP contribution in [0.5, 0.6) is 0 Å². The predicted octanol–water partition coefficient (Wildman–Crippen LogP) is 4.59. The van der Waals surface area contributed by atoms with Gasteiger partial charge in [0.05, 0.1) is 4.88 Å². The van der Waals surface area contributed by atoms with E-state index in [4.69, 9.17) is 0 Å². The summed E-state index contributed by atoms with van der Waals surface area (Å²) in [5.74, 6) is 0.219. The second-order valence-electron chi connectivity index (χ2n) is 5.44. The largest absolute Gasteiger partial charge is 0.288 e. The number of benzene rings is 1. The molecule has 1 aromatic carbocycles. The van der Waals surface area contributed by atoms with E-state index in [0.29, 0.717) is 0 Å². The smallest absolute Gasteiger partial charge is 0.203 e. The van der Waals surface area contributed by atoms with E-state index in [-0.39, 0.29) is 5.78 Å². The molecule has 0 N–H and O–H groups in total. The molecular formula is C18H20OS. The van der Waals surface area contributed by atoms with Crippen LogP contribution in [0.15, 0.2) is 24.3 Å². The third-order valence-electron chi connectivity index (χ3n) is 4.18. The highest BCUT2D eigenvalue weighted by Crippen LogP contribution is 2.32. The fraction of sp³-hybridized carbons (Fsp3) is 0.389. The average Bonchev–Trinajstić information content (AvgIpc) is 3.07. The molecule has 0 radical (unpaired) electrons. The third-order valence-corrected chi connectivity index (χ3v) is 5.41. The molecule has 0 spiro atoms. The van der Waals surface area contributed by atoms with E-state index in [1.807, 2.05) is 0 Å². The topological polar surface area (TPSA) is 17.1 Å². The second kappa shape index (κ2) is 5.53. The Kier molecular flexibility index (Phi) is 3.75. The number of aryl methyl sites for hydroxylation is 4. The molecule has 20 heavy (non-hydrogen) atoms. The van der Waals surface area contributed by atoms with Gasteiger partial charge in [-0.3, -0.25) is 4.79 Å². The van der Waals surface area contributed by atoms with Crippen molar-refractivity contribution in [3.8, 4) is 0 Å². The maximum Gasteiger partial charge on any atom is 0.203 e. The number of rotatable bonds is 4. The van der Waals surface area contributed by atoms with Crippen molar-refractivity contribution in [3.63, 3.8) is 0 Å². The molecule has 104 valence electrons. The van der Waals surface area contributed by atoms with Crippen LogP contribution < -0.4 is 0 Å². The van der Waals surface area contributed by atoms with E-state index in [9.17, 15) is 4.79 Å². The molecule has 2 heteroatoms. The monoisotopic (exact) mass is 284 g/mol. The van der Waals surface area contributed by atoms with Gasteiger partial charge in [0.25, 0.3) is 0 Å². The van der Waals surface area contributed by atoms with Gasteiger partial charge in [-0.2, -0.15) is 0 Å². The van der Waals surface area contributed by atoms with Crippen molar-refractivity contribution in [2.45, 2.75) is 46.0 Å². The Bertz CT molecular complexity index is 630. The summed E-state index contributed by atoms with van der Waals surface area (Å²) in [6, 6.07) is 8.48. The fourth-order valence-corrected chi connectivity index (χ4v) is 4.14. The lowest BCUT2D eigenvalue weighted by Crippen LogP contribution is -2.04. The normalized spacial score (nSPS) is 13.5. The van der Waals surface area contributed by atoms with Crippen LogP contribution in [0.1, 0.15) is 57.1 Å². The molecule has 3 rings (SSSR count). The SMILES string of the molecule is CCc1ccc(CC)c(C(=O)c2cc3c(s2)CCC3)c1. The lowest BCUT2D eigenvalue weighted by atomic mass is 9.97. The van der Waals surface area contributed by atoms with E-state index in [2.05, 4.69) is 38.1 Å². The molecule has 0 saturated heterocycles. The number of ketones is 1. The molecule has 0 bridgehead atoms. The summed E-state index contributed by atoms with van der Waals surface area (Å²) in [4.78, 5) is 15.2. The van der Waals surface area contributed by atoms with Crippen molar-refractivity contribution in [1.82, 2.24) is 0 Å². The Morgan fingerprint density at radius 1 is 1.15 bits per heavy atom. The zero-order valence-electron chi connectivity index (χ0n) is 12.2. The number of carbonyl (C=O) groups excluding carboxylic acids is 1.